The summed E-state index contributed by atoms with van der Waals surface area (Å²) in [5.74, 6) is -2.16. The summed E-state index contributed by atoms with van der Waals surface area (Å²) in [5.41, 5.74) is 2.54. The Bertz CT molecular complexity index is 867. The molecule has 2 aromatic carbocycles. The summed E-state index contributed by atoms with van der Waals surface area (Å²) in [4.78, 5) is 28.5. The van der Waals surface area contributed by atoms with Gasteiger partial charge in [0.15, 0.2) is 0 Å². The lowest BCUT2D eigenvalue weighted by Crippen LogP contribution is -2.44. The van der Waals surface area contributed by atoms with Crippen molar-refractivity contribution in [3.05, 3.63) is 58.9 Å². The van der Waals surface area contributed by atoms with E-state index in [2.05, 4.69) is 39.6 Å². The highest BCUT2D eigenvalue weighted by atomic mass is 35.5. The number of halogens is 2. The summed E-state index contributed by atoms with van der Waals surface area (Å²) in [5, 5.41) is 4.86. The van der Waals surface area contributed by atoms with Crippen LogP contribution in [0.2, 0.25) is 5.02 Å². The van der Waals surface area contributed by atoms with Crippen LogP contribution in [0.15, 0.2) is 42.5 Å². The molecule has 0 bridgehead atoms. The molecule has 2 amide bonds. The Balaban J connectivity index is 1.43. The van der Waals surface area contributed by atoms with E-state index in [1.165, 1.54) is 17.8 Å². The first kappa shape index (κ1) is 21.1. The number of hydrogen-bond donors (Lipinski definition) is 2. The lowest BCUT2D eigenvalue weighted by molar-refractivity contribution is -0.136. The van der Waals surface area contributed by atoms with Crippen LogP contribution >= 0.6 is 11.6 Å². The highest BCUT2D eigenvalue weighted by molar-refractivity contribution is 6.39. The largest absolute Gasteiger partial charge is 0.369 e. The van der Waals surface area contributed by atoms with E-state index in [4.69, 9.17) is 11.6 Å². The van der Waals surface area contributed by atoms with Gasteiger partial charge in [0.25, 0.3) is 0 Å². The van der Waals surface area contributed by atoms with Crippen LogP contribution < -0.4 is 15.5 Å². The molecule has 2 N–H and O–H groups in total. The van der Waals surface area contributed by atoms with Crippen molar-refractivity contribution in [2.45, 2.75) is 6.42 Å². The zero-order valence-electron chi connectivity index (χ0n) is 16.3. The number of carbonyl (C=O) groups is 2. The fourth-order valence-electron chi connectivity index (χ4n) is 3.10. The number of hydrogen-bond acceptors (Lipinski definition) is 4. The van der Waals surface area contributed by atoms with Gasteiger partial charge < -0.3 is 20.4 Å². The Kier molecular flexibility index (Phi) is 7.06. The van der Waals surface area contributed by atoms with Crippen molar-refractivity contribution < 1.29 is 14.0 Å². The fourth-order valence-corrected chi connectivity index (χ4v) is 3.28. The van der Waals surface area contributed by atoms with Gasteiger partial charge in [-0.15, -0.1) is 0 Å². The average Bonchev–Trinajstić information content (AvgIpc) is 2.72. The Hall–Kier alpha value is -2.64. The maximum atomic E-state index is 13.1. The number of amides is 2. The number of nitrogens with one attached hydrogen (secondary N) is 2. The summed E-state index contributed by atoms with van der Waals surface area (Å²) in [6.45, 7) is 4.48. The number of benzene rings is 2. The Morgan fingerprint density at radius 2 is 1.72 bits per heavy atom. The molecule has 1 saturated heterocycles. The van der Waals surface area contributed by atoms with Crippen molar-refractivity contribution in [3.63, 3.8) is 0 Å². The number of rotatable bonds is 5. The van der Waals surface area contributed by atoms with Gasteiger partial charge in [-0.05, 0) is 49.4 Å². The molecule has 6 nitrogen and oxygen atoms in total. The summed E-state index contributed by atoms with van der Waals surface area (Å²) in [7, 11) is 2.13. The van der Waals surface area contributed by atoms with Crippen LogP contribution in [-0.2, 0) is 16.0 Å². The molecule has 3 rings (SSSR count). The molecule has 0 unspecified atom stereocenters. The van der Waals surface area contributed by atoms with Crippen molar-refractivity contribution in [1.29, 1.82) is 0 Å². The summed E-state index contributed by atoms with van der Waals surface area (Å²) < 4.78 is 13.1. The molecule has 1 fully saturated rings. The van der Waals surface area contributed by atoms with Crippen LogP contribution in [0.1, 0.15) is 5.56 Å². The van der Waals surface area contributed by atoms with Gasteiger partial charge in [-0.25, -0.2) is 4.39 Å². The van der Waals surface area contributed by atoms with Crippen LogP contribution in [0.5, 0.6) is 0 Å². The van der Waals surface area contributed by atoms with Crippen LogP contribution in [0.4, 0.5) is 15.8 Å². The van der Waals surface area contributed by atoms with Crippen molar-refractivity contribution in [2.24, 2.45) is 0 Å². The molecule has 2 aromatic rings. The molecule has 154 valence electrons. The number of anilines is 2. The van der Waals surface area contributed by atoms with Crippen molar-refractivity contribution in [2.75, 3.05) is 50.0 Å². The third-order valence-electron chi connectivity index (χ3n) is 4.89. The van der Waals surface area contributed by atoms with Crippen LogP contribution in [-0.4, -0.2) is 56.5 Å². The summed E-state index contributed by atoms with van der Waals surface area (Å²) >= 11 is 5.66. The third-order valence-corrected chi connectivity index (χ3v) is 5.18. The first-order chi connectivity index (χ1) is 13.9. The normalized spacial score (nSPS) is 14.5. The zero-order valence-corrected chi connectivity index (χ0v) is 17.0. The van der Waals surface area contributed by atoms with E-state index >= 15 is 0 Å². The second kappa shape index (κ2) is 9.71. The standard InChI is InChI=1S/C21H24ClFN4O2/c1-26-10-12-27(13-11-26)17-5-2-15(3-6-17)8-9-24-20(28)21(29)25-16-4-7-19(23)18(22)14-16/h2-7,14H,8-13H2,1H3,(H,24,28)(H,25,29). The van der Waals surface area contributed by atoms with Crippen molar-refractivity contribution >= 4 is 34.8 Å². The molecule has 0 aliphatic carbocycles. The maximum absolute atomic E-state index is 13.1. The van der Waals surface area contributed by atoms with E-state index in [0.29, 0.717) is 13.0 Å². The molecule has 0 saturated carbocycles. The van der Waals surface area contributed by atoms with Gasteiger partial charge in [0.05, 0.1) is 5.02 Å². The van der Waals surface area contributed by atoms with Gasteiger partial charge in [0.2, 0.25) is 0 Å². The molecule has 1 aliphatic heterocycles. The summed E-state index contributed by atoms with van der Waals surface area (Å²) in [6, 6.07) is 12.0. The summed E-state index contributed by atoms with van der Waals surface area (Å²) in [6.07, 6.45) is 0.615. The predicted octanol–water partition coefficient (Wildman–Crippen LogP) is 2.53. The highest BCUT2D eigenvalue weighted by Crippen LogP contribution is 2.19. The van der Waals surface area contributed by atoms with E-state index in [1.54, 1.807) is 0 Å². The molecular formula is C21H24ClFN4O2. The molecule has 8 heteroatoms. The molecule has 0 aromatic heterocycles. The Morgan fingerprint density at radius 1 is 1.03 bits per heavy atom. The van der Waals surface area contributed by atoms with E-state index in [0.717, 1.165) is 37.8 Å². The molecule has 29 heavy (non-hydrogen) atoms. The van der Waals surface area contributed by atoms with Crippen LogP contribution in [0.3, 0.4) is 0 Å². The highest BCUT2D eigenvalue weighted by Gasteiger charge is 2.15. The first-order valence-corrected chi connectivity index (χ1v) is 9.87. The van der Waals surface area contributed by atoms with Gasteiger partial charge in [-0.2, -0.15) is 0 Å². The molecule has 0 atom stereocenters. The van der Waals surface area contributed by atoms with Crippen LogP contribution in [0.25, 0.3) is 0 Å². The van der Waals surface area contributed by atoms with E-state index in [-0.39, 0.29) is 10.7 Å². The van der Waals surface area contributed by atoms with Crippen molar-refractivity contribution in [3.8, 4) is 0 Å². The van der Waals surface area contributed by atoms with Gasteiger partial charge in [0.1, 0.15) is 5.82 Å². The molecule has 0 spiro atoms. The van der Waals surface area contributed by atoms with E-state index in [1.807, 2.05) is 12.1 Å². The smallest absolute Gasteiger partial charge is 0.313 e. The second-order valence-corrected chi connectivity index (χ2v) is 7.45. The average molecular weight is 419 g/mol. The monoisotopic (exact) mass is 418 g/mol. The Morgan fingerprint density at radius 3 is 2.38 bits per heavy atom. The van der Waals surface area contributed by atoms with E-state index < -0.39 is 17.6 Å². The van der Waals surface area contributed by atoms with Gasteiger partial charge in [-0.1, -0.05) is 23.7 Å². The topological polar surface area (TPSA) is 64.7 Å². The SMILES string of the molecule is CN1CCN(c2ccc(CCNC(=O)C(=O)Nc3ccc(F)c(Cl)c3)cc2)CC1. The molecule has 1 heterocycles. The van der Waals surface area contributed by atoms with Gasteiger partial charge in [-0.3, -0.25) is 9.59 Å². The predicted molar refractivity (Wildman–Crippen MR) is 113 cm³/mol. The first-order valence-electron chi connectivity index (χ1n) is 9.49. The number of carbonyl (C=O) groups excluding carboxylic acids is 2. The minimum atomic E-state index is -0.821. The number of piperazine rings is 1. The minimum Gasteiger partial charge on any atom is -0.369 e. The number of nitrogens with zero attached hydrogens (tertiary/aromatic N) is 2. The molecular weight excluding hydrogens is 395 g/mol. The fraction of sp³-hybridized carbons (Fsp3) is 0.333. The van der Waals surface area contributed by atoms with Gasteiger partial charge in [0, 0.05) is 44.1 Å². The lowest BCUT2D eigenvalue weighted by Gasteiger charge is -2.34. The van der Waals surface area contributed by atoms with Gasteiger partial charge >= 0.3 is 11.8 Å². The maximum Gasteiger partial charge on any atom is 0.313 e. The van der Waals surface area contributed by atoms with Crippen molar-refractivity contribution in [1.82, 2.24) is 10.2 Å². The molecule has 1 aliphatic rings. The van der Waals surface area contributed by atoms with Crippen LogP contribution in [0, 0.1) is 5.82 Å². The molecule has 0 radical (unpaired) electrons. The lowest BCUT2D eigenvalue weighted by atomic mass is 10.1. The Labute approximate surface area is 174 Å². The quantitative estimate of drug-likeness (QED) is 0.732. The third kappa shape index (κ3) is 5.92. The number of likely N-dealkylation sites (N-methyl/N-ethyl adjacent to an activating group) is 1. The zero-order chi connectivity index (χ0) is 20.8. The van der Waals surface area contributed by atoms with E-state index in [9.17, 15) is 14.0 Å². The minimum absolute atomic E-state index is 0.122. The second-order valence-electron chi connectivity index (χ2n) is 7.05.